The van der Waals surface area contributed by atoms with Crippen molar-refractivity contribution in [2.45, 2.75) is 39.2 Å². The SMILES string of the molecule is CC1(C)CCC(NC(=O)c2cc(Cl)nc(Cl)c2)C1. The minimum Gasteiger partial charge on any atom is -0.349 e. The van der Waals surface area contributed by atoms with E-state index in [1.165, 1.54) is 12.1 Å². The number of halogens is 2. The van der Waals surface area contributed by atoms with Crippen molar-refractivity contribution in [2.24, 2.45) is 5.41 Å². The molecule has 1 N–H and O–H groups in total. The van der Waals surface area contributed by atoms with E-state index < -0.39 is 0 Å². The van der Waals surface area contributed by atoms with E-state index in [0.29, 0.717) is 11.0 Å². The summed E-state index contributed by atoms with van der Waals surface area (Å²) in [6.07, 6.45) is 3.16. The lowest BCUT2D eigenvalue weighted by Crippen LogP contribution is -2.33. The molecule has 1 heterocycles. The highest BCUT2D eigenvalue weighted by atomic mass is 35.5. The molecule has 0 saturated heterocycles. The van der Waals surface area contributed by atoms with E-state index in [1.54, 1.807) is 0 Å². The molecule has 1 saturated carbocycles. The van der Waals surface area contributed by atoms with E-state index in [9.17, 15) is 4.79 Å². The van der Waals surface area contributed by atoms with Gasteiger partial charge in [-0.05, 0) is 36.8 Å². The van der Waals surface area contributed by atoms with E-state index >= 15 is 0 Å². The third-order valence-electron chi connectivity index (χ3n) is 3.33. The molecule has 18 heavy (non-hydrogen) atoms. The number of pyridine rings is 1. The monoisotopic (exact) mass is 286 g/mol. The number of nitrogens with one attached hydrogen (secondary N) is 1. The molecule has 1 aliphatic carbocycles. The van der Waals surface area contributed by atoms with E-state index in [2.05, 4.69) is 24.1 Å². The molecule has 1 aliphatic rings. The Labute approximate surface area is 117 Å². The smallest absolute Gasteiger partial charge is 0.251 e. The summed E-state index contributed by atoms with van der Waals surface area (Å²) in [4.78, 5) is 15.9. The number of hydrogen-bond donors (Lipinski definition) is 1. The van der Waals surface area contributed by atoms with Gasteiger partial charge in [0.15, 0.2) is 0 Å². The van der Waals surface area contributed by atoms with Crippen LogP contribution in [-0.4, -0.2) is 16.9 Å². The lowest BCUT2D eigenvalue weighted by atomic mass is 9.92. The molecule has 0 bridgehead atoms. The average Bonchev–Trinajstić information content (AvgIpc) is 2.56. The molecule has 98 valence electrons. The Balaban J connectivity index is 2.04. The topological polar surface area (TPSA) is 42.0 Å². The number of carbonyl (C=O) groups is 1. The molecular weight excluding hydrogens is 271 g/mol. The van der Waals surface area contributed by atoms with Gasteiger partial charge in [-0.25, -0.2) is 4.98 Å². The Hall–Kier alpha value is -0.800. The summed E-state index contributed by atoms with van der Waals surface area (Å²) in [5.74, 6) is -0.135. The Morgan fingerprint density at radius 1 is 1.39 bits per heavy atom. The molecule has 1 unspecified atom stereocenters. The maximum atomic E-state index is 12.1. The van der Waals surface area contributed by atoms with E-state index in [-0.39, 0.29) is 22.3 Å². The van der Waals surface area contributed by atoms with Crippen LogP contribution in [0.15, 0.2) is 12.1 Å². The Kier molecular flexibility index (Phi) is 3.83. The van der Waals surface area contributed by atoms with E-state index in [0.717, 1.165) is 19.3 Å². The minimum atomic E-state index is -0.135. The molecule has 1 aromatic heterocycles. The third-order valence-corrected chi connectivity index (χ3v) is 3.72. The van der Waals surface area contributed by atoms with Crippen LogP contribution < -0.4 is 5.32 Å². The summed E-state index contributed by atoms with van der Waals surface area (Å²) in [6, 6.07) is 3.30. The first-order valence-corrected chi connectivity index (χ1v) is 6.75. The Bertz CT molecular complexity index is 454. The molecule has 0 aromatic carbocycles. The summed E-state index contributed by atoms with van der Waals surface area (Å²) in [5, 5.41) is 3.49. The number of hydrogen-bond acceptors (Lipinski definition) is 2. The fraction of sp³-hybridized carbons (Fsp3) is 0.538. The van der Waals surface area contributed by atoms with Crippen LogP contribution in [0.1, 0.15) is 43.5 Å². The number of rotatable bonds is 2. The van der Waals surface area contributed by atoms with Crippen LogP contribution in [0.2, 0.25) is 10.3 Å². The number of carbonyl (C=O) groups excluding carboxylic acids is 1. The highest BCUT2D eigenvalue weighted by Gasteiger charge is 2.31. The molecule has 0 aliphatic heterocycles. The maximum absolute atomic E-state index is 12.1. The Morgan fingerprint density at radius 3 is 2.50 bits per heavy atom. The van der Waals surface area contributed by atoms with Gasteiger partial charge >= 0.3 is 0 Å². The van der Waals surface area contributed by atoms with Crippen molar-refractivity contribution in [3.8, 4) is 0 Å². The van der Waals surface area contributed by atoms with Gasteiger partial charge in [-0.2, -0.15) is 0 Å². The predicted octanol–water partition coefficient (Wildman–Crippen LogP) is 3.70. The average molecular weight is 287 g/mol. The standard InChI is InChI=1S/C13H16Cl2N2O/c1-13(2)4-3-9(7-13)16-12(18)8-5-10(14)17-11(15)6-8/h5-6,9H,3-4,7H2,1-2H3,(H,16,18). The lowest BCUT2D eigenvalue weighted by molar-refractivity contribution is 0.0936. The van der Waals surface area contributed by atoms with Gasteiger partial charge in [0, 0.05) is 11.6 Å². The van der Waals surface area contributed by atoms with Gasteiger partial charge in [-0.15, -0.1) is 0 Å². The lowest BCUT2D eigenvalue weighted by Gasteiger charge is -2.17. The van der Waals surface area contributed by atoms with Gasteiger partial charge in [0.2, 0.25) is 0 Å². The summed E-state index contributed by atoms with van der Waals surface area (Å²) < 4.78 is 0. The second kappa shape index (κ2) is 5.06. The van der Waals surface area contributed by atoms with Crippen LogP contribution in [0.4, 0.5) is 0 Å². The summed E-state index contributed by atoms with van der Waals surface area (Å²) in [7, 11) is 0. The second-order valence-corrected chi connectivity index (χ2v) is 6.35. The molecule has 1 aromatic rings. The number of aromatic nitrogens is 1. The molecule has 1 atom stereocenters. The zero-order chi connectivity index (χ0) is 13.3. The number of amides is 1. The zero-order valence-electron chi connectivity index (χ0n) is 10.5. The van der Waals surface area contributed by atoms with Gasteiger partial charge in [0.1, 0.15) is 10.3 Å². The van der Waals surface area contributed by atoms with Gasteiger partial charge in [0.05, 0.1) is 0 Å². The van der Waals surface area contributed by atoms with Gasteiger partial charge in [-0.3, -0.25) is 4.79 Å². The number of nitrogens with zero attached hydrogens (tertiary/aromatic N) is 1. The van der Waals surface area contributed by atoms with E-state index in [4.69, 9.17) is 23.2 Å². The molecule has 3 nitrogen and oxygen atoms in total. The molecule has 0 spiro atoms. The molecule has 5 heteroatoms. The highest BCUT2D eigenvalue weighted by molar-refractivity contribution is 6.33. The third kappa shape index (κ3) is 3.36. The molecule has 2 rings (SSSR count). The molecule has 1 amide bonds. The summed E-state index contributed by atoms with van der Waals surface area (Å²) in [6.45, 7) is 4.44. The van der Waals surface area contributed by atoms with Crippen molar-refractivity contribution in [3.05, 3.63) is 28.0 Å². The minimum absolute atomic E-state index is 0.135. The summed E-state index contributed by atoms with van der Waals surface area (Å²) in [5.41, 5.74) is 0.774. The van der Waals surface area contributed by atoms with Crippen molar-refractivity contribution < 1.29 is 4.79 Å². The largest absolute Gasteiger partial charge is 0.349 e. The normalized spacial score (nSPS) is 21.9. The van der Waals surface area contributed by atoms with Crippen molar-refractivity contribution in [3.63, 3.8) is 0 Å². The fourth-order valence-corrected chi connectivity index (χ4v) is 2.88. The van der Waals surface area contributed by atoms with Crippen molar-refractivity contribution in [1.29, 1.82) is 0 Å². The van der Waals surface area contributed by atoms with Crippen LogP contribution in [0, 0.1) is 5.41 Å². The summed E-state index contributed by atoms with van der Waals surface area (Å²) >= 11 is 11.6. The van der Waals surface area contributed by atoms with E-state index in [1.807, 2.05) is 0 Å². The van der Waals surface area contributed by atoms with Crippen LogP contribution >= 0.6 is 23.2 Å². The maximum Gasteiger partial charge on any atom is 0.251 e. The molecule has 1 fully saturated rings. The first kappa shape index (κ1) is 13.6. The second-order valence-electron chi connectivity index (χ2n) is 5.58. The molecular formula is C13H16Cl2N2O. The first-order chi connectivity index (χ1) is 8.35. The zero-order valence-corrected chi connectivity index (χ0v) is 12.0. The first-order valence-electron chi connectivity index (χ1n) is 6.00. The van der Waals surface area contributed by atoms with Crippen molar-refractivity contribution in [1.82, 2.24) is 10.3 Å². The van der Waals surface area contributed by atoms with Crippen LogP contribution in [0.3, 0.4) is 0 Å². The van der Waals surface area contributed by atoms with Gasteiger partial charge in [-0.1, -0.05) is 37.0 Å². The van der Waals surface area contributed by atoms with Crippen LogP contribution in [0.5, 0.6) is 0 Å². The van der Waals surface area contributed by atoms with Crippen molar-refractivity contribution in [2.75, 3.05) is 0 Å². The van der Waals surface area contributed by atoms with Gasteiger partial charge in [0.25, 0.3) is 5.91 Å². The van der Waals surface area contributed by atoms with Crippen molar-refractivity contribution >= 4 is 29.1 Å². The predicted molar refractivity (Wildman–Crippen MR) is 73.1 cm³/mol. The Morgan fingerprint density at radius 2 is 2.00 bits per heavy atom. The molecule has 0 radical (unpaired) electrons. The quantitative estimate of drug-likeness (QED) is 0.843. The van der Waals surface area contributed by atoms with Crippen LogP contribution in [0.25, 0.3) is 0 Å². The highest BCUT2D eigenvalue weighted by Crippen LogP contribution is 2.37. The fourth-order valence-electron chi connectivity index (χ4n) is 2.42. The van der Waals surface area contributed by atoms with Crippen LogP contribution in [-0.2, 0) is 0 Å². The van der Waals surface area contributed by atoms with Gasteiger partial charge < -0.3 is 5.32 Å².